The monoisotopic (exact) mass is 152 g/mol. The summed E-state index contributed by atoms with van der Waals surface area (Å²) in [6.07, 6.45) is 1.47. The summed E-state index contributed by atoms with van der Waals surface area (Å²) in [5.74, 6) is -0.796. The van der Waals surface area contributed by atoms with E-state index in [1.807, 2.05) is 0 Å². The molecule has 3 N–H and O–H groups in total. The van der Waals surface area contributed by atoms with E-state index in [4.69, 9.17) is 15.9 Å². The van der Waals surface area contributed by atoms with Crippen LogP contribution in [0, 0.1) is 5.41 Å². The molecule has 0 atom stereocenters. The van der Waals surface area contributed by atoms with E-state index >= 15 is 0 Å². The summed E-state index contributed by atoms with van der Waals surface area (Å²) in [5.41, 5.74) is 5.71. The second-order valence-electron chi connectivity index (χ2n) is 2.09. The Morgan fingerprint density at radius 1 is 1.82 bits per heavy atom. The van der Waals surface area contributed by atoms with Crippen molar-refractivity contribution >= 4 is 11.8 Å². The van der Waals surface area contributed by atoms with Crippen molar-refractivity contribution in [2.45, 2.75) is 0 Å². The van der Waals surface area contributed by atoms with Crippen LogP contribution in [0.25, 0.3) is 0 Å². The molecule has 4 nitrogen and oxygen atoms in total. The minimum atomic E-state index is -0.637. The molecule has 0 bridgehead atoms. The van der Waals surface area contributed by atoms with Gasteiger partial charge in [0.25, 0.3) is 5.91 Å². The van der Waals surface area contributed by atoms with Crippen LogP contribution in [0.3, 0.4) is 0 Å². The third kappa shape index (κ3) is 1.14. The van der Waals surface area contributed by atoms with Gasteiger partial charge in [0, 0.05) is 5.57 Å². The second kappa shape index (κ2) is 2.57. The Balaban J connectivity index is 3.09. The minimum Gasteiger partial charge on any atom is -0.473 e. The molecule has 0 radical (unpaired) electrons. The molecule has 1 aliphatic rings. The van der Waals surface area contributed by atoms with Gasteiger partial charge in [0.15, 0.2) is 0 Å². The number of ether oxygens (including phenoxy) is 1. The lowest BCUT2D eigenvalue weighted by Gasteiger charge is -1.93. The number of primary amides is 1. The number of hydrogen-bond donors (Lipinski definition) is 2. The molecule has 0 aromatic carbocycles. The van der Waals surface area contributed by atoms with Gasteiger partial charge in [-0.05, 0) is 0 Å². The van der Waals surface area contributed by atoms with Crippen LogP contribution in [0.15, 0.2) is 23.8 Å². The number of nitrogens with two attached hydrogens (primary N) is 1. The number of nitrogens with one attached hydrogen (secondary N) is 1. The first-order chi connectivity index (χ1) is 5.16. The first-order valence-electron chi connectivity index (χ1n) is 3.04. The number of rotatable bonds is 2. The maximum Gasteiger partial charge on any atom is 0.254 e. The molecule has 58 valence electrons. The van der Waals surface area contributed by atoms with Gasteiger partial charge in [0.1, 0.15) is 12.2 Å². The Bertz CT molecular complexity index is 266. The van der Waals surface area contributed by atoms with E-state index in [-0.39, 0.29) is 18.1 Å². The quantitative estimate of drug-likeness (QED) is 0.582. The van der Waals surface area contributed by atoms with Crippen molar-refractivity contribution in [1.29, 1.82) is 5.41 Å². The van der Waals surface area contributed by atoms with E-state index in [1.165, 1.54) is 6.08 Å². The maximum absolute atomic E-state index is 10.7. The zero-order valence-corrected chi connectivity index (χ0v) is 5.89. The molecule has 1 amide bonds. The van der Waals surface area contributed by atoms with Gasteiger partial charge >= 0.3 is 0 Å². The molecule has 1 rings (SSSR count). The van der Waals surface area contributed by atoms with Gasteiger partial charge in [-0.15, -0.1) is 0 Å². The summed E-state index contributed by atoms with van der Waals surface area (Å²) in [4.78, 5) is 10.7. The standard InChI is InChI=1S/C7H8N2O2/c1-2-4-3-11-7(9)5(4)6(8)10/h2,9H,1,3H2,(H2,8,10). The van der Waals surface area contributed by atoms with Crippen molar-refractivity contribution in [1.82, 2.24) is 0 Å². The lowest BCUT2D eigenvalue weighted by Crippen LogP contribution is -2.18. The Labute approximate surface area is 63.8 Å². The highest BCUT2D eigenvalue weighted by Crippen LogP contribution is 2.15. The Morgan fingerprint density at radius 3 is 2.82 bits per heavy atom. The van der Waals surface area contributed by atoms with Crippen LogP contribution < -0.4 is 5.73 Å². The number of carbonyl (C=O) groups excluding carboxylic acids is 1. The molecule has 0 fully saturated rings. The van der Waals surface area contributed by atoms with Gasteiger partial charge in [-0.1, -0.05) is 12.7 Å². The average molecular weight is 152 g/mol. The van der Waals surface area contributed by atoms with Crippen LogP contribution in [-0.4, -0.2) is 18.4 Å². The van der Waals surface area contributed by atoms with Crippen molar-refractivity contribution in [2.24, 2.45) is 5.73 Å². The fourth-order valence-electron chi connectivity index (χ4n) is 0.871. The lowest BCUT2D eigenvalue weighted by molar-refractivity contribution is -0.114. The fraction of sp³-hybridized carbons (Fsp3) is 0.143. The van der Waals surface area contributed by atoms with Crippen molar-refractivity contribution in [3.63, 3.8) is 0 Å². The molecule has 0 aliphatic carbocycles. The van der Waals surface area contributed by atoms with Crippen LogP contribution in [0.5, 0.6) is 0 Å². The van der Waals surface area contributed by atoms with Crippen LogP contribution >= 0.6 is 0 Å². The highest BCUT2D eigenvalue weighted by atomic mass is 16.5. The molecule has 0 saturated carbocycles. The molecule has 1 aliphatic heterocycles. The summed E-state index contributed by atoms with van der Waals surface area (Å²) in [7, 11) is 0. The highest BCUT2D eigenvalue weighted by Gasteiger charge is 2.23. The third-order valence-corrected chi connectivity index (χ3v) is 1.41. The van der Waals surface area contributed by atoms with Crippen LogP contribution in [0.2, 0.25) is 0 Å². The van der Waals surface area contributed by atoms with Gasteiger partial charge in [-0.25, -0.2) is 0 Å². The predicted molar refractivity (Wildman–Crippen MR) is 40.1 cm³/mol. The molecular formula is C7H8N2O2. The topological polar surface area (TPSA) is 76.2 Å². The van der Waals surface area contributed by atoms with Gasteiger partial charge in [-0.3, -0.25) is 10.2 Å². The minimum absolute atomic E-state index is 0.139. The highest BCUT2D eigenvalue weighted by molar-refractivity contribution is 6.19. The predicted octanol–water partition coefficient (Wildman–Crippen LogP) is -0.0382. The zero-order valence-electron chi connectivity index (χ0n) is 5.89. The zero-order chi connectivity index (χ0) is 8.43. The van der Waals surface area contributed by atoms with E-state index in [1.54, 1.807) is 0 Å². The van der Waals surface area contributed by atoms with E-state index in [2.05, 4.69) is 6.58 Å². The smallest absolute Gasteiger partial charge is 0.254 e. The average Bonchev–Trinajstić information content (AvgIpc) is 2.30. The second-order valence-corrected chi connectivity index (χ2v) is 2.09. The van der Waals surface area contributed by atoms with E-state index in [0.29, 0.717) is 5.57 Å². The number of amides is 1. The summed E-state index contributed by atoms with van der Waals surface area (Å²) in [6.45, 7) is 3.69. The molecule has 11 heavy (non-hydrogen) atoms. The molecule has 0 unspecified atom stereocenters. The largest absolute Gasteiger partial charge is 0.473 e. The maximum atomic E-state index is 10.7. The molecule has 0 spiro atoms. The summed E-state index contributed by atoms with van der Waals surface area (Å²) < 4.78 is 4.77. The van der Waals surface area contributed by atoms with Crippen molar-refractivity contribution < 1.29 is 9.53 Å². The van der Waals surface area contributed by atoms with E-state index < -0.39 is 5.91 Å². The van der Waals surface area contributed by atoms with Crippen molar-refractivity contribution in [2.75, 3.05) is 6.61 Å². The van der Waals surface area contributed by atoms with E-state index in [9.17, 15) is 4.79 Å². The summed E-state index contributed by atoms with van der Waals surface area (Å²) in [5, 5.41) is 7.14. The van der Waals surface area contributed by atoms with Gasteiger partial charge in [0.2, 0.25) is 5.90 Å². The van der Waals surface area contributed by atoms with Crippen LogP contribution in [0.1, 0.15) is 0 Å². The summed E-state index contributed by atoms with van der Waals surface area (Å²) in [6, 6.07) is 0. The molecule has 0 aromatic rings. The fourth-order valence-corrected chi connectivity index (χ4v) is 0.871. The normalized spacial score (nSPS) is 16.5. The number of hydrogen-bond acceptors (Lipinski definition) is 3. The Kier molecular flexibility index (Phi) is 1.76. The van der Waals surface area contributed by atoms with Gasteiger partial charge < -0.3 is 10.5 Å². The number of carbonyl (C=O) groups is 1. The van der Waals surface area contributed by atoms with Crippen LogP contribution in [0.4, 0.5) is 0 Å². The summed E-state index contributed by atoms with van der Waals surface area (Å²) >= 11 is 0. The molecule has 1 heterocycles. The van der Waals surface area contributed by atoms with Gasteiger partial charge in [0.05, 0.1) is 0 Å². The molecule has 0 saturated heterocycles. The first kappa shape index (κ1) is 7.53. The van der Waals surface area contributed by atoms with Crippen LogP contribution in [-0.2, 0) is 9.53 Å². The lowest BCUT2D eigenvalue weighted by atomic mass is 10.1. The third-order valence-electron chi connectivity index (χ3n) is 1.41. The molecule has 0 aromatic heterocycles. The Morgan fingerprint density at radius 2 is 2.45 bits per heavy atom. The SMILES string of the molecule is C=CC1=C(C(N)=O)C(=N)OC1. The first-order valence-corrected chi connectivity index (χ1v) is 3.04. The van der Waals surface area contributed by atoms with Gasteiger partial charge in [-0.2, -0.15) is 0 Å². The molecular weight excluding hydrogens is 144 g/mol. The van der Waals surface area contributed by atoms with E-state index in [0.717, 1.165) is 0 Å². The van der Waals surface area contributed by atoms with Crippen molar-refractivity contribution in [3.05, 3.63) is 23.8 Å². The molecule has 4 heteroatoms. The Hall–Kier alpha value is -1.58. The van der Waals surface area contributed by atoms with Crippen molar-refractivity contribution in [3.8, 4) is 0 Å².